The Morgan fingerprint density at radius 3 is 2.26 bits per heavy atom. The van der Waals surface area contributed by atoms with Crippen LogP contribution in [0.4, 0.5) is 14.9 Å². The highest BCUT2D eigenvalue weighted by molar-refractivity contribution is 5.94. The minimum absolute atomic E-state index is 0.00416. The number of amides is 2. The van der Waals surface area contributed by atoms with Gasteiger partial charge in [0.05, 0.1) is 6.61 Å². The third kappa shape index (κ3) is 6.31. The van der Waals surface area contributed by atoms with E-state index in [1.54, 1.807) is 29.7 Å². The van der Waals surface area contributed by atoms with E-state index in [-0.39, 0.29) is 17.8 Å². The van der Waals surface area contributed by atoms with E-state index in [0.29, 0.717) is 56.5 Å². The van der Waals surface area contributed by atoms with E-state index in [1.165, 1.54) is 0 Å². The molecule has 4 rings (SSSR count). The molecule has 0 spiro atoms. The molecule has 0 aromatic heterocycles. The van der Waals surface area contributed by atoms with Gasteiger partial charge in [0.2, 0.25) is 0 Å². The number of nitrogens with zero attached hydrogens (tertiary/aromatic N) is 3. The molecule has 2 heterocycles. The zero-order valence-corrected chi connectivity index (χ0v) is 20.6. The average molecular weight is 483 g/mol. The summed E-state index contributed by atoms with van der Waals surface area (Å²) in [6, 6.07) is 13.6. The van der Waals surface area contributed by atoms with Crippen molar-refractivity contribution in [3.8, 4) is 0 Å². The van der Waals surface area contributed by atoms with E-state index in [1.807, 2.05) is 36.4 Å². The van der Waals surface area contributed by atoms with Gasteiger partial charge in [0.1, 0.15) is 5.82 Å². The van der Waals surface area contributed by atoms with Crippen LogP contribution in [0.5, 0.6) is 0 Å². The fourth-order valence-electron chi connectivity index (χ4n) is 4.65. The largest absolute Gasteiger partial charge is 0.450 e. The van der Waals surface area contributed by atoms with Crippen molar-refractivity contribution in [3.05, 3.63) is 65.0 Å². The first kappa shape index (κ1) is 25.0. The van der Waals surface area contributed by atoms with Crippen LogP contribution in [0, 0.1) is 12.7 Å². The molecule has 188 valence electrons. The number of aryl methyl sites for hydroxylation is 1. The maximum absolute atomic E-state index is 13.8. The minimum Gasteiger partial charge on any atom is -0.450 e. The third-order valence-corrected chi connectivity index (χ3v) is 6.90. The van der Waals surface area contributed by atoms with Crippen molar-refractivity contribution in [2.75, 3.05) is 50.8 Å². The smallest absolute Gasteiger partial charge is 0.409 e. The lowest BCUT2D eigenvalue weighted by Gasteiger charge is -2.35. The van der Waals surface area contributed by atoms with Crippen molar-refractivity contribution < 1.29 is 18.7 Å². The number of piperazine rings is 1. The molecule has 35 heavy (non-hydrogen) atoms. The Bertz CT molecular complexity index is 1010. The molecule has 0 radical (unpaired) electrons. The summed E-state index contributed by atoms with van der Waals surface area (Å²) in [4.78, 5) is 30.5. The summed E-state index contributed by atoms with van der Waals surface area (Å²) in [5.74, 6) is -0.157. The van der Waals surface area contributed by atoms with Crippen molar-refractivity contribution in [2.24, 2.45) is 0 Å². The molecule has 2 amide bonds. The summed E-state index contributed by atoms with van der Waals surface area (Å²) < 4.78 is 18.8. The summed E-state index contributed by atoms with van der Waals surface area (Å²) in [7, 11) is 0. The Balaban J connectivity index is 1.23. The lowest BCUT2D eigenvalue weighted by atomic mass is 10.0. The van der Waals surface area contributed by atoms with Gasteiger partial charge >= 0.3 is 6.09 Å². The minimum atomic E-state index is -0.313. The number of anilines is 1. The lowest BCUT2D eigenvalue weighted by molar-refractivity contribution is 0.0570. The number of nitrogens with one attached hydrogen (secondary N) is 1. The molecule has 2 aliphatic rings. The van der Waals surface area contributed by atoms with Crippen molar-refractivity contribution >= 4 is 17.7 Å². The zero-order valence-electron chi connectivity index (χ0n) is 20.6. The molecule has 0 atom stereocenters. The number of ether oxygens (including phenoxy) is 1. The van der Waals surface area contributed by atoms with Gasteiger partial charge in [-0.2, -0.15) is 0 Å². The Labute approximate surface area is 206 Å². The standard InChI is InChI=1S/C27H35FN4O3/c1-3-35-27(34)32-16-14-31(15-17-32)26(33)22-6-8-24(9-7-22)30-12-10-23(11-13-30)29-19-21-5-4-20(2)25(28)18-21/h4-9,18,23,29H,3,10-17,19H2,1-2H3. The Morgan fingerprint density at radius 1 is 0.971 bits per heavy atom. The van der Waals surface area contributed by atoms with E-state index in [9.17, 15) is 14.0 Å². The molecule has 2 saturated heterocycles. The van der Waals surface area contributed by atoms with Crippen LogP contribution in [-0.2, 0) is 11.3 Å². The predicted octanol–water partition coefficient (Wildman–Crippen LogP) is 3.81. The van der Waals surface area contributed by atoms with E-state index in [4.69, 9.17) is 4.74 Å². The number of carbonyl (C=O) groups excluding carboxylic acids is 2. The zero-order chi connectivity index (χ0) is 24.8. The lowest BCUT2D eigenvalue weighted by Crippen LogP contribution is -2.50. The Kier molecular flexibility index (Phi) is 8.23. The number of carbonyl (C=O) groups is 2. The fourth-order valence-corrected chi connectivity index (χ4v) is 4.65. The highest BCUT2D eigenvalue weighted by Gasteiger charge is 2.26. The van der Waals surface area contributed by atoms with Crippen LogP contribution in [0.15, 0.2) is 42.5 Å². The molecule has 2 aromatic rings. The molecule has 1 N–H and O–H groups in total. The number of benzene rings is 2. The molecule has 2 fully saturated rings. The molecule has 0 aliphatic carbocycles. The summed E-state index contributed by atoms with van der Waals surface area (Å²) in [5.41, 5.74) is 3.43. The van der Waals surface area contributed by atoms with Gasteiger partial charge in [-0.1, -0.05) is 12.1 Å². The van der Waals surface area contributed by atoms with E-state index in [0.717, 1.165) is 37.2 Å². The van der Waals surface area contributed by atoms with Crippen molar-refractivity contribution in [1.29, 1.82) is 0 Å². The highest BCUT2D eigenvalue weighted by atomic mass is 19.1. The second-order valence-corrected chi connectivity index (χ2v) is 9.25. The first-order valence-electron chi connectivity index (χ1n) is 12.5. The molecule has 2 aliphatic heterocycles. The normalized spacial score (nSPS) is 16.9. The molecule has 0 saturated carbocycles. The van der Waals surface area contributed by atoms with Crippen LogP contribution in [-0.4, -0.2) is 73.7 Å². The third-order valence-electron chi connectivity index (χ3n) is 6.90. The van der Waals surface area contributed by atoms with E-state index in [2.05, 4.69) is 10.2 Å². The first-order chi connectivity index (χ1) is 16.9. The number of halogens is 1. The topological polar surface area (TPSA) is 65.1 Å². The molecular formula is C27H35FN4O3. The second-order valence-electron chi connectivity index (χ2n) is 9.25. The van der Waals surface area contributed by atoms with Gasteiger partial charge in [-0.25, -0.2) is 9.18 Å². The van der Waals surface area contributed by atoms with Crippen LogP contribution >= 0.6 is 0 Å². The monoisotopic (exact) mass is 482 g/mol. The number of rotatable bonds is 6. The van der Waals surface area contributed by atoms with Gasteiger partial charge in [-0.15, -0.1) is 0 Å². The molecule has 8 heteroatoms. The summed E-state index contributed by atoms with van der Waals surface area (Å²) in [5, 5.41) is 3.56. The summed E-state index contributed by atoms with van der Waals surface area (Å²) in [6.07, 6.45) is 1.71. The van der Waals surface area contributed by atoms with Gasteiger partial charge in [0.15, 0.2) is 0 Å². The van der Waals surface area contributed by atoms with Crippen molar-refractivity contribution in [1.82, 2.24) is 15.1 Å². The van der Waals surface area contributed by atoms with Crippen molar-refractivity contribution in [2.45, 2.75) is 39.3 Å². The summed E-state index contributed by atoms with van der Waals surface area (Å²) >= 11 is 0. The Morgan fingerprint density at radius 2 is 1.63 bits per heavy atom. The van der Waals surface area contributed by atoms with E-state index >= 15 is 0 Å². The quantitative estimate of drug-likeness (QED) is 0.679. The van der Waals surface area contributed by atoms with Gasteiger partial charge in [-0.3, -0.25) is 4.79 Å². The van der Waals surface area contributed by atoms with Gasteiger partial charge in [-0.05, 0) is 68.1 Å². The molecule has 0 unspecified atom stereocenters. The van der Waals surface area contributed by atoms with Crippen LogP contribution in [0.2, 0.25) is 0 Å². The highest BCUT2D eigenvalue weighted by Crippen LogP contribution is 2.22. The van der Waals surface area contributed by atoms with Gasteiger partial charge in [0, 0.05) is 63.1 Å². The maximum Gasteiger partial charge on any atom is 0.409 e. The average Bonchev–Trinajstić information content (AvgIpc) is 2.89. The molecule has 2 aromatic carbocycles. The second kappa shape index (κ2) is 11.5. The van der Waals surface area contributed by atoms with E-state index < -0.39 is 0 Å². The van der Waals surface area contributed by atoms with Crippen LogP contribution in [0.25, 0.3) is 0 Å². The molecule has 0 bridgehead atoms. The molecule has 7 nitrogen and oxygen atoms in total. The number of hydrogen-bond acceptors (Lipinski definition) is 5. The van der Waals surface area contributed by atoms with Crippen molar-refractivity contribution in [3.63, 3.8) is 0 Å². The van der Waals surface area contributed by atoms with Gasteiger partial charge in [0.25, 0.3) is 5.91 Å². The maximum atomic E-state index is 13.8. The predicted molar refractivity (Wildman–Crippen MR) is 134 cm³/mol. The number of piperidine rings is 1. The van der Waals surface area contributed by atoms with Gasteiger partial charge < -0.3 is 24.8 Å². The summed E-state index contributed by atoms with van der Waals surface area (Å²) in [6.45, 7) is 8.46. The van der Waals surface area contributed by atoms with Crippen LogP contribution in [0.1, 0.15) is 41.3 Å². The van der Waals surface area contributed by atoms with Crippen LogP contribution < -0.4 is 10.2 Å². The molecular weight excluding hydrogens is 447 g/mol. The number of hydrogen-bond donors (Lipinski definition) is 1. The first-order valence-corrected chi connectivity index (χ1v) is 12.5. The fraction of sp³-hybridized carbons (Fsp3) is 0.481. The van der Waals surface area contributed by atoms with Crippen LogP contribution in [0.3, 0.4) is 0 Å². The Hall–Kier alpha value is -3.13. The SMILES string of the molecule is CCOC(=O)N1CCN(C(=O)c2ccc(N3CCC(NCc4ccc(C)c(F)c4)CC3)cc2)CC1.